The van der Waals surface area contributed by atoms with Gasteiger partial charge < -0.3 is 14.2 Å². The molecule has 0 aromatic heterocycles. The van der Waals surface area contributed by atoms with Crippen LogP contribution in [-0.2, 0) is 36.2 Å². The number of carbonyl (C=O) groups is 1. The second-order valence-electron chi connectivity index (χ2n) is 9.44. The van der Waals surface area contributed by atoms with E-state index in [2.05, 4.69) is 11.6 Å². The fourth-order valence-corrected chi connectivity index (χ4v) is 5.10. The van der Waals surface area contributed by atoms with Gasteiger partial charge in [0, 0.05) is 26.3 Å². The highest BCUT2D eigenvalue weighted by Crippen LogP contribution is 2.37. The number of nitro benzene ring substituents is 1. The van der Waals surface area contributed by atoms with E-state index in [9.17, 15) is 23.3 Å². The molecule has 1 aromatic rings. The number of benzene rings is 1. The van der Waals surface area contributed by atoms with Gasteiger partial charge in [0.2, 0.25) is 16.0 Å². The number of rotatable bonds is 9. The molecule has 13 heteroatoms. The summed E-state index contributed by atoms with van der Waals surface area (Å²) in [6.45, 7) is 10.3. The standard InChI is InChI=1S/C23H34N4O8S/c1-8-9-17-10-11-18(27(29)30)14-19(17)23(5)15-36(31,32)25(6)20(24-23)26(16-34-13-12-33-7)21(28)35-22(2,3)4/h8,10-11,14H,1,9,12-13,15-16H2,2-7H3/t23-/m0/s1. The zero-order valence-corrected chi connectivity index (χ0v) is 22.3. The van der Waals surface area contributed by atoms with E-state index in [1.54, 1.807) is 39.8 Å². The van der Waals surface area contributed by atoms with Crippen LogP contribution in [0.25, 0.3) is 0 Å². The van der Waals surface area contributed by atoms with Crippen molar-refractivity contribution in [3.8, 4) is 0 Å². The molecule has 0 aliphatic carbocycles. The lowest BCUT2D eigenvalue weighted by Gasteiger charge is -2.40. The van der Waals surface area contributed by atoms with Crippen molar-refractivity contribution in [2.75, 3.05) is 39.9 Å². The molecule has 1 atom stereocenters. The molecule has 2 rings (SSSR count). The summed E-state index contributed by atoms with van der Waals surface area (Å²) in [5.74, 6) is -0.704. The van der Waals surface area contributed by atoms with Crippen molar-refractivity contribution in [1.82, 2.24) is 9.21 Å². The first-order valence-corrected chi connectivity index (χ1v) is 12.8. The van der Waals surface area contributed by atoms with Crippen LogP contribution in [0.2, 0.25) is 0 Å². The normalized spacial score (nSPS) is 19.4. The molecular weight excluding hydrogens is 492 g/mol. The first kappa shape index (κ1) is 29.2. The van der Waals surface area contributed by atoms with Gasteiger partial charge in [0.05, 0.1) is 23.9 Å². The Morgan fingerprint density at radius 1 is 1.36 bits per heavy atom. The van der Waals surface area contributed by atoms with Crippen LogP contribution in [0, 0.1) is 10.1 Å². The second-order valence-corrected chi connectivity index (χ2v) is 11.4. The molecule has 0 radical (unpaired) electrons. The second kappa shape index (κ2) is 11.4. The third-order valence-electron chi connectivity index (χ3n) is 5.27. The number of nitrogens with zero attached hydrogens (tertiary/aromatic N) is 4. The largest absolute Gasteiger partial charge is 0.443 e. The Kier molecular flexibility index (Phi) is 9.21. The number of methoxy groups -OCH3 is 1. The molecule has 1 aromatic carbocycles. The van der Waals surface area contributed by atoms with Gasteiger partial charge in [0.1, 0.15) is 17.9 Å². The van der Waals surface area contributed by atoms with Gasteiger partial charge >= 0.3 is 6.09 Å². The number of hydrogen-bond donors (Lipinski definition) is 0. The Labute approximate surface area is 211 Å². The predicted molar refractivity (Wildman–Crippen MR) is 134 cm³/mol. The lowest BCUT2D eigenvalue weighted by molar-refractivity contribution is -0.385. The molecule has 0 saturated carbocycles. The molecule has 12 nitrogen and oxygen atoms in total. The topological polar surface area (TPSA) is 141 Å². The number of hydrogen-bond acceptors (Lipinski definition) is 9. The number of nitro groups is 1. The van der Waals surface area contributed by atoms with Crippen LogP contribution in [0.1, 0.15) is 38.8 Å². The van der Waals surface area contributed by atoms with Crippen LogP contribution < -0.4 is 0 Å². The molecule has 1 aliphatic heterocycles. The summed E-state index contributed by atoms with van der Waals surface area (Å²) in [6.07, 6.45) is 1.08. The first-order chi connectivity index (χ1) is 16.6. The predicted octanol–water partition coefficient (Wildman–Crippen LogP) is 3.03. The number of guanidine groups is 1. The molecule has 200 valence electrons. The van der Waals surface area contributed by atoms with E-state index in [-0.39, 0.29) is 31.6 Å². The SMILES string of the molecule is C=CCc1ccc([N+](=O)[O-])cc1[C@]1(C)CS(=O)(=O)N(C)C(N(COCCOC)C(=O)OC(C)(C)C)=N1. The minimum absolute atomic E-state index is 0.130. The number of ether oxygens (including phenoxy) is 3. The van der Waals surface area contributed by atoms with Crippen LogP contribution >= 0.6 is 0 Å². The Morgan fingerprint density at radius 3 is 2.58 bits per heavy atom. The highest BCUT2D eigenvalue weighted by molar-refractivity contribution is 7.89. The minimum Gasteiger partial charge on any atom is -0.443 e. The fourth-order valence-electron chi connectivity index (χ4n) is 3.59. The molecule has 36 heavy (non-hydrogen) atoms. The molecule has 0 unspecified atom stereocenters. The minimum atomic E-state index is -4.01. The molecule has 0 spiro atoms. The molecule has 0 saturated heterocycles. The fraction of sp³-hybridized carbons (Fsp3) is 0.565. The molecule has 1 heterocycles. The van der Waals surface area contributed by atoms with E-state index >= 15 is 0 Å². The van der Waals surface area contributed by atoms with E-state index < -0.39 is 37.9 Å². The van der Waals surface area contributed by atoms with Gasteiger partial charge in [-0.25, -0.2) is 27.4 Å². The molecule has 0 N–H and O–H groups in total. The van der Waals surface area contributed by atoms with E-state index in [1.165, 1.54) is 26.3 Å². The van der Waals surface area contributed by atoms with Crippen molar-refractivity contribution in [3.05, 3.63) is 52.1 Å². The number of amides is 1. The smallest absolute Gasteiger partial charge is 0.419 e. The summed E-state index contributed by atoms with van der Waals surface area (Å²) in [6, 6.07) is 4.21. The third-order valence-corrected chi connectivity index (χ3v) is 7.19. The van der Waals surface area contributed by atoms with Crippen molar-refractivity contribution >= 4 is 27.8 Å². The Balaban J connectivity index is 2.71. The molecular formula is C23H34N4O8S. The van der Waals surface area contributed by atoms with Crippen molar-refractivity contribution in [2.45, 2.75) is 45.3 Å². The maximum Gasteiger partial charge on any atom is 0.419 e. The zero-order valence-electron chi connectivity index (χ0n) is 21.5. The van der Waals surface area contributed by atoms with E-state index in [0.29, 0.717) is 17.5 Å². The van der Waals surface area contributed by atoms with Crippen LogP contribution in [0.4, 0.5) is 10.5 Å². The molecule has 1 amide bonds. The van der Waals surface area contributed by atoms with Crippen molar-refractivity contribution in [3.63, 3.8) is 0 Å². The Bertz CT molecular complexity index is 1130. The number of aliphatic imine (C=N–C) groups is 1. The maximum atomic E-state index is 13.3. The van der Waals surface area contributed by atoms with Gasteiger partial charge in [-0.2, -0.15) is 0 Å². The van der Waals surface area contributed by atoms with Crippen LogP contribution in [0.5, 0.6) is 0 Å². The number of carbonyl (C=O) groups excluding carboxylic acids is 1. The summed E-state index contributed by atoms with van der Waals surface area (Å²) in [5.41, 5.74) is -1.58. The van der Waals surface area contributed by atoms with Crippen LogP contribution in [-0.4, -0.2) is 80.1 Å². The average molecular weight is 527 g/mol. The maximum absolute atomic E-state index is 13.3. The van der Waals surface area contributed by atoms with Gasteiger partial charge in [-0.1, -0.05) is 12.1 Å². The number of allylic oxidation sites excluding steroid dienone is 1. The Hall–Kier alpha value is -3.03. The molecule has 0 fully saturated rings. The number of sulfonamides is 1. The first-order valence-electron chi connectivity index (χ1n) is 11.2. The van der Waals surface area contributed by atoms with Gasteiger partial charge in [0.15, 0.2) is 0 Å². The summed E-state index contributed by atoms with van der Waals surface area (Å²) in [7, 11) is -1.24. The summed E-state index contributed by atoms with van der Waals surface area (Å²) >= 11 is 0. The lowest BCUT2D eigenvalue weighted by Crippen LogP contribution is -2.56. The summed E-state index contributed by atoms with van der Waals surface area (Å²) in [4.78, 5) is 29.7. The quantitative estimate of drug-likeness (QED) is 0.157. The van der Waals surface area contributed by atoms with Gasteiger partial charge in [-0.15, -0.1) is 6.58 Å². The van der Waals surface area contributed by atoms with Crippen LogP contribution in [0.15, 0.2) is 35.8 Å². The van der Waals surface area contributed by atoms with Gasteiger partial charge in [-0.3, -0.25) is 10.1 Å². The lowest BCUT2D eigenvalue weighted by atomic mass is 9.88. The molecule has 1 aliphatic rings. The van der Waals surface area contributed by atoms with E-state index in [0.717, 1.165) is 9.21 Å². The van der Waals surface area contributed by atoms with E-state index in [4.69, 9.17) is 14.2 Å². The third kappa shape index (κ3) is 7.02. The monoisotopic (exact) mass is 526 g/mol. The summed E-state index contributed by atoms with van der Waals surface area (Å²) in [5, 5.41) is 11.5. The van der Waals surface area contributed by atoms with Gasteiger partial charge in [0.25, 0.3) is 5.69 Å². The van der Waals surface area contributed by atoms with Crippen molar-refractivity contribution < 1.29 is 32.3 Å². The molecule has 0 bridgehead atoms. The zero-order chi connectivity index (χ0) is 27.3. The van der Waals surface area contributed by atoms with E-state index in [1.807, 2.05) is 0 Å². The van der Waals surface area contributed by atoms with Crippen molar-refractivity contribution in [2.24, 2.45) is 4.99 Å². The Morgan fingerprint density at radius 2 is 2.03 bits per heavy atom. The highest BCUT2D eigenvalue weighted by atomic mass is 32.2. The number of non-ortho nitro benzene ring substituents is 1. The van der Waals surface area contributed by atoms with Crippen molar-refractivity contribution in [1.29, 1.82) is 0 Å². The van der Waals surface area contributed by atoms with Gasteiger partial charge in [-0.05, 0) is 45.2 Å². The summed E-state index contributed by atoms with van der Waals surface area (Å²) < 4.78 is 43.5. The average Bonchev–Trinajstić information content (AvgIpc) is 2.75. The van der Waals surface area contributed by atoms with Crippen LogP contribution in [0.3, 0.4) is 0 Å². The highest BCUT2D eigenvalue weighted by Gasteiger charge is 2.45.